The first-order valence-electron chi connectivity index (χ1n) is 7.11. The Kier molecular flexibility index (Phi) is 3.46. The van der Waals surface area contributed by atoms with Crippen molar-refractivity contribution < 1.29 is 4.39 Å². The van der Waals surface area contributed by atoms with Gasteiger partial charge >= 0.3 is 0 Å². The van der Waals surface area contributed by atoms with Gasteiger partial charge in [-0.3, -0.25) is 0 Å². The molecule has 1 aromatic heterocycles. The number of nitrogens with one attached hydrogen (secondary N) is 1. The van der Waals surface area contributed by atoms with Gasteiger partial charge in [0, 0.05) is 15.7 Å². The van der Waals surface area contributed by atoms with Gasteiger partial charge in [0.25, 0.3) is 0 Å². The van der Waals surface area contributed by atoms with Crippen LogP contribution in [0.3, 0.4) is 0 Å². The second-order valence-electron chi connectivity index (χ2n) is 5.21. The summed E-state index contributed by atoms with van der Waals surface area (Å²) in [6.07, 6.45) is 3.43. The van der Waals surface area contributed by atoms with Crippen LogP contribution in [-0.4, -0.2) is 14.8 Å². The largest absolute Gasteiger partial charge is 0.324 e. The smallest absolute Gasteiger partial charge is 0.226 e. The van der Waals surface area contributed by atoms with E-state index in [0.717, 1.165) is 15.7 Å². The molecular formula is C17H12BrFN4. The van der Waals surface area contributed by atoms with Crippen LogP contribution in [0.5, 0.6) is 0 Å². The standard InChI is InChI=1S/C17H12BrFN4/c18-12-7-5-11(6-8-12)15-9-16(13-3-1-2-4-14(13)19)23-17(22-15)20-10-21-23/h1-10,16H,(H,20,21,22)/t16-/m0/s1. The van der Waals surface area contributed by atoms with Gasteiger partial charge in [0.2, 0.25) is 5.95 Å². The van der Waals surface area contributed by atoms with Gasteiger partial charge in [-0.1, -0.05) is 46.3 Å². The molecule has 0 bridgehead atoms. The van der Waals surface area contributed by atoms with E-state index in [1.54, 1.807) is 16.8 Å². The second kappa shape index (κ2) is 5.62. The van der Waals surface area contributed by atoms with Crippen molar-refractivity contribution in [1.29, 1.82) is 0 Å². The van der Waals surface area contributed by atoms with Crippen LogP contribution in [-0.2, 0) is 0 Å². The predicted octanol–water partition coefficient (Wildman–Crippen LogP) is 4.24. The highest BCUT2D eigenvalue weighted by atomic mass is 79.9. The highest BCUT2D eigenvalue weighted by molar-refractivity contribution is 9.10. The lowest BCUT2D eigenvalue weighted by molar-refractivity contribution is 0.551. The summed E-state index contributed by atoms with van der Waals surface area (Å²) in [5, 5.41) is 7.47. The van der Waals surface area contributed by atoms with Crippen LogP contribution in [0, 0.1) is 5.82 Å². The molecule has 0 radical (unpaired) electrons. The Balaban J connectivity index is 1.83. The van der Waals surface area contributed by atoms with E-state index >= 15 is 0 Å². The summed E-state index contributed by atoms with van der Waals surface area (Å²) in [7, 11) is 0. The van der Waals surface area contributed by atoms with Crippen molar-refractivity contribution in [1.82, 2.24) is 14.8 Å². The van der Waals surface area contributed by atoms with Crippen molar-refractivity contribution >= 4 is 27.6 Å². The Labute approximate surface area is 140 Å². The van der Waals surface area contributed by atoms with Gasteiger partial charge in [-0.15, -0.1) is 0 Å². The fourth-order valence-electron chi connectivity index (χ4n) is 2.67. The van der Waals surface area contributed by atoms with Crippen molar-refractivity contribution in [3.05, 3.63) is 82.4 Å². The lowest BCUT2D eigenvalue weighted by Crippen LogP contribution is -2.21. The molecule has 0 aliphatic carbocycles. The number of allylic oxidation sites excluding steroid dienone is 1. The maximum Gasteiger partial charge on any atom is 0.226 e. The molecule has 4 nitrogen and oxygen atoms in total. The zero-order valence-electron chi connectivity index (χ0n) is 11.9. The SMILES string of the molecule is Fc1ccccc1[C@@H]1C=C(c2ccc(Br)cc2)Nc2ncnn21. The average Bonchev–Trinajstić information content (AvgIpc) is 3.04. The topological polar surface area (TPSA) is 42.7 Å². The molecule has 0 amide bonds. The van der Waals surface area contributed by atoms with Crippen LogP contribution in [0.2, 0.25) is 0 Å². The molecule has 0 saturated carbocycles. The van der Waals surface area contributed by atoms with E-state index in [1.807, 2.05) is 36.4 Å². The first kappa shape index (κ1) is 14.1. The van der Waals surface area contributed by atoms with Gasteiger partial charge in [-0.25, -0.2) is 9.07 Å². The van der Waals surface area contributed by atoms with Crippen molar-refractivity contribution in [2.45, 2.75) is 6.04 Å². The number of benzene rings is 2. The molecule has 0 unspecified atom stereocenters. The molecule has 0 fully saturated rings. The quantitative estimate of drug-likeness (QED) is 0.733. The van der Waals surface area contributed by atoms with E-state index < -0.39 is 0 Å². The van der Waals surface area contributed by atoms with E-state index in [9.17, 15) is 4.39 Å². The Hall–Kier alpha value is -2.47. The molecule has 1 aliphatic rings. The number of anilines is 1. The summed E-state index contributed by atoms with van der Waals surface area (Å²) >= 11 is 3.43. The first-order valence-corrected chi connectivity index (χ1v) is 7.90. The predicted molar refractivity (Wildman–Crippen MR) is 90.3 cm³/mol. The molecule has 114 valence electrons. The number of hydrogen-bond acceptors (Lipinski definition) is 3. The van der Waals surface area contributed by atoms with Gasteiger partial charge in [0.05, 0.1) is 0 Å². The molecule has 0 saturated heterocycles. The molecule has 2 aromatic carbocycles. The van der Waals surface area contributed by atoms with Gasteiger partial charge < -0.3 is 5.32 Å². The van der Waals surface area contributed by atoms with Crippen molar-refractivity contribution in [2.75, 3.05) is 5.32 Å². The highest BCUT2D eigenvalue weighted by Gasteiger charge is 2.25. The molecule has 1 aliphatic heterocycles. The van der Waals surface area contributed by atoms with E-state index in [0.29, 0.717) is 11.5 Å². The zero-order chi connectivity index (χ0) is 15.8. The van der Waals surface area contributed by atoms with Crippen LogP contribution < -0.4 is 5.32 Å². The normalized spacial score (nSPS) is 16.4. The summed E-state index contributed by atoms with van der Waals surface area (Å²) in [5.74, 6) is 0.339. The maximum absolute atomic E-state index is 14.2. The lowest BCUT2D eigenvalue weighted by atomic mass is 10.0. The number of aromatic nitrogens is 3. The molecule has 1 atom stereocenters. The van der Waals surface area contributed by atoms with Gasteiger partial charge in [-0.2, -0.15) is 10.1 Å². The molecule has 0 spiro atoms. The monoisotopic (exact) mass is 370 g/mol. The third kappa shape index (κ3) is 2.55. The van der Waals surface area contributed by atoms with E-state index in [-0.39, 0.29) is 11.9 Å². The number of hydrogen-bond donors (Lipinski definition) is 1. The summed E-state index contributed by atoms with van der Waals surface area (Å²) in [5.41, 5.74) is 2.45. The molecule has 4 rings (SSSR count). The Morgan fingerprint density at radius 3 is 2.65 bits per heavy atom. The van der Waals surface area contributed by atoms with Crippen LogP contribution in [0.25, 0.3) is 5.70 Å². The number of halogens is 2. The van der Waals surface area contributed by atoms with Crippen LogP contribution >= 0.6 is 15.9 Å². The lowest BCUT2D eigenvalue weighted by Gasteiger charge is -2.24. The van der Waals surface area contributed by atoms with Crippen molar-refractivity contribution in [2.24, 2.45) is 0 Å². The number of rotatable bonds is 2. The third-order valence-corrected chi connectivity index (χ3v) is 4.32. The minimum absolute atomic E-state index is 0.257. The maximum atomic E-state index is 14.2. The van der Waals surface area contributed by atoms with Crippen molar-refractivity contribution in [3.8, 4) is 0 Å². The molecule has 1 N–H and O–H groups in total. The number of nitrogens with zero attached hydrogens (tertiary/aromatic N) is 3. The van der Waals surface area contributed by atoms with E-state index in [1.165, 1.54) is 12.4 Å². The summed E-state index contributed by atoms with van der Waals surface area (Å²) in [6, 6.07) is 14.3. The summed E-state index contributed by atoms with van der Waals surface area (Å²) in [4.78, 5) is 4.22. The molecule has 2 heterocycles. The summed E-state index contributed by atoms with van der Waals surface area (Å²) < 4.78 is 16.9. The second-order valence-corrected chi connectivity index (χ2v) is 6.12. The minimum Gasteiger partial charge on any atom is -0.324 e. The van der Waals surface area contributed by atoms with Crippen LogP contribution in [0.1, 0.15) is 17.2 Å². The van der Waals surface area contributed by atoms with Crippen LogP contribution in [0.4, 0.5) is 10.3 Å². The molecule has 23 heavy (non-hydrogen) atoms. The number of fused-ring (bicyclic) bond motifs is 1. The highest BCUT2D eigenvalue weighted by Crippen LogP contribution is 2.33. The van der Waals surface area contributed by atoms with Gasteiger partial charge in [0.1, 0.15) is 18.2 Å². The van der Waals surface area contributed by atoms with Gasteiger partial charge in [-0.05, 0) is 29.8 Å². The van der Waals surface area contributed by atoms with E-state index in [2.05, 4.69) is 31.3 Å². The molecular weight excluding hydrogens is 359 g/mol. The third-order valence-electron chi connectivity index (χ3n) is 3.79. The summed E-state index contributed by atoms with van der Waals surface area (Å²) in [6.45, 7) is 0. The molecule has 3 aromatic rings. The van der Waals surface area contributed by atoms with E-state index in [4.69, 9.17) is 0 Å². The molecule has 6 heteroatoms. The Morgan fingerprint density at radius 1 is 1.09 bits per heavy atom. The average molecular weight is 371 g/mol. The first-order chi connectivity index (χ1) is 11.2. The van der Waals surface area contributed by atoms with Gasteiger partial charge in [0.15, 0.2) is 0 Å². The van der Waals surface area contributed by atoms with Crippen molar-refractivity contribution in [3.63, 3.8) is 0 Å². The Morgan fingerprint density at radius 2 is 1.87 bits per heavy atom. The Bertz CT molecular complexity index is 886. The fraction of sp³-hybridized carbons (Fsp3) is 0.0588. The minimum atomic E-state index is -0.339. The van der Waals surface area contributed by atoms with Crippen LogP contribution in [0.15, 0.2) is 65.4 Å². The zero-order valence-corrected chi connectivity index (χ0v) is 13.5. The fourth-order valence-corrected chi connectivity index (χ4v) is 2.93.